The number of anilines is 1. The number of nitrogens with two attached hydrogens (primary N) is 2. The van der Waals surface area contributed by atoms with E-state index in [-0.39, 0.29) is 17.4 Å². The zero-order valence-electron chi connectivity index (χ0n) is 14.6. The Hall–Kier alpha value is -2.96. The molecule has 7 nitrogen and oxygen atoms in total. The third-order valence-corrected chi connectivity index (χ3v) is 4.68. The molecule has 3 rings (SSSR count). The summed E-state index contributed by atoms with van der Waals surface area (Å²) in [5.41, 5.74) is 12.9. The lowest BCUT2D eigenvalue weighted by Gasteiger charge is -2.11. The molecule has 5 N–H and O–H groups in total. The highest BCUT2D eigenvalue weighted by Gasteiger charge is 2.16. The molecular weight excluding hydrogens is 330 g/mol. The fraction of sp³-hybridized carbons (Fsp3) is 0.368. The maximum atomic E-state index is 12.4. The van der Waals surface area contributed by atoms with Gasteiger partial charge in [-0.3, -0.25) is 9.59 Å². The Morgan fingerprint density at radius 2 is 2.00 bits per heavy atom. The number of nitrogen functional groups attached to an aromatic ring is 1. The lowest BCUT2D eigenvalue weighted by molar-refractivity contribution is 0.0946. The number of amides is 2. The van der Waals surface area contributed by atoms with Crippen LogP contribution < -0.4 is 16.8 Å². The van der Waals surface area contributed by atoms with Crippen molar-refractivity contribution in [3.05, 3.63) is 53.0 Å². The summed E-state index contributed by atoms with van der Waals surface area (Å²) in [6.07, 6.45) is 6.83. The summed E-state index contributed by atoms with van der Waals surface area (Å²) in [6.45, 7) is 0.731. The van der Waals surface area contributed by atoms with Gasteiger partial charge in [0.25, 0.3) is 11.8 Å². The number of hydrogen-bond donors (Lipinski definition) is 3. The highest BCUT2D eigenvalue weighted by molar-refractivity contribution is 5.95. The summed E-state index contributed by atoms with van der Waals surface area (Å²) in [4.78, 5) is 31.8. The predicted octanol–water partition coefficient (Wildman–Crippen LogP) is 1.67. The number of nitrogens with zero attached hydrogens (tertiary/aromatic N) is 2. The van der Waals surface area contributed by atoms with Crippen molar-refractivity contribution < 1.29 is 9.59 Å². The van der Waals surface area contributed by atoms with E-state index >= 15 is 0 Å². The van der Waals surface area contributed by atoms with Crippen molar-refractivity contribution in [3.63, 3.8) is 0 Å². The second kappa shape index (κ2) is 7.95. The molecule has 0 unspecified atom stereocenters. The van der Waals surface area contributed by atoms with Crippen molar-refractivity contribution in [2.24, 2.45) is 11.7 Å². The number of hydrogen-bond acceptors (Lipinski definition) is 5. The van der Waals surface area contributed by atoms with Crippen LogP contribution in [0, 0.1) is 5.92 Å². The van der Waals surface area contributed by atoms with Gasteiger partial charge < -0.3 is 16.8 Å². The predicted molar refractivity (Wildman–Crippen MR) is 98.5 cm³/mol. The van der Waals surface area contributed by atoms with Crippen LogP contribution in [0.2, 0.25) is 0 Å². The average Bonchev–Trinajstić information content (AvgIpc) is 3.15. The fourth-order valence-electron chi connectivity index (χ4n) is 3.29. The van der Waals surface area contributed by atoms with E-state index in [0.29, 0.717) is 23.6 Å². The van der Waals surface area contributed by atoms with Gasteiger partial charge in [-0.25, -0.2) is 9.97 Å². The topological polar surface area (TPSA) is 124 Å². The number of aromatic nitrogens is 2. The van der Waals surface area contributed by atoms with E-state index in [1.54, 1.807) is 6.07 Å². The van der Waals surface area contributed by atoms with E-state index in [4.69, 9.17) is 11.5 Å². The van der Waals surface area contributed by atoms with Gasteiger partial charge in [-0.05, 0) is 36.5 Å². The molecule has 1 aliphatic carbocycles. The molecule has 136 valence electrons. The van der Waals surface area contributed by atoms with Crippen LogP contribution in [-0.4, -0.2) is 28.3 Å². The number of carbonyl (C=O) groups is 2. The second-order valence-electron chi connectivity index (χ2n) is 6.70. The first-order valence-corrected chi connectivity index (χ1v) is 8.81. The van der Waals surface area contributed by atoms with E-state index in [2.05, 4.69) is 15.3 Å². The third kappa shape index (κ3) is 4.36. The fourth-order valence-corrected chi connectivity index (χ4v) is 3.29. The Labute approximate surface area is 152 Å². The van der Waals surface area contributed by atoms with E-state index in [1.165, 1.54) is 31.9 Å². The van der Waals surface area contributed by atoms with Gasteiger partial charge in [-0.1, -0.05) is 25.0 Å². The number of rotatable bonds is 6. The summed E-state index contributed by atoms with van der Waals surface area (Å²) in [5.74, 6) is -0.169. The van der Waals surface area contributed by atoms with Crippen molar-refractivity contribution in [3.8, 4) is 0 Å². The Bertz CT molecular complexity index is 815. The normalized spacial score (nSPS) is 14.3. The molecule has 1 aromatic carbocycles. The first-order valence-electron chi connectivity index (χ1n) is 8.81. The van der Waals surface area contributed by atoms with E-state index < -0.39 is 5.91 Å². The van der Waals surface area contributed by atoms with Crippen LogP contribution in [0.15, 0.2) is 30.5 Å². The van der Waals surface area contributed by atoms with Crippen LogP contribution >= 0.6 is 0 Å². The highest BCUT2D eigenvalue weighted by Crippen LogP contribution is 2.23. The molecule has 1 saturated carbocycles. The minimum Gasteiger partial charge on any atom is -0.382 e. The second-order valence-corrected chi connectivity index (χ2v) is 6.70. The SMILES string of the molecule is NC(=O)c1nc(Cc2cccc(C(=O)NCC3CCCC3)c2)cnc1N. The quantitative estimate of drug-likeness (QED) is 0.728. The molecule has 0 spiro atoms. The molecule has 2 amide bonds. The molecule has 7 heteroatoms. The monoisotopic (exact) mass is 353 g/mol. The maximum absolute atomic E-state index is 12.4. The molecule has 0 atom stereocenters. The summed E-state index contributed by atoms with van der Waals surface area (Å²) in [6, 6.07) is 7.35. The van der Waals surface area contributed by atoms with Crippen molar-refractivity contribution in [1.82, 2.24) is 15.3 Å². The molecule has 1 heterocycles. The zero-order valence-corrected chi connectivity index (χ0v) is 14.6. The zero-order chi connectivity index (χ0) is 18.5. The molecule has 0 radical (unpaired) electrons. The number of carbonyl (C=O) groups excluding carboxylic acids is 2. The summed E-state index contributed by atoms with van der Waals surface area (Å²) in [5, 5.41) is 3.02. The summed E-state index contributed by atoms with van der Waals surface area (Å²) in [7, 11) is 0. The van der Waals surface area contributed by atoms with E-state index in [1.807, 2.05) is 18.2 Å². The van der Waals surface area contributed by atoms with Crippen LogP contribution in [0.3, 0.4) is 0 Å². The lowest BCUT2D eigenvalue weighted by Crippen LogP contribution is -2.28. The molecular formula is C19H23N5O2. The number of nitrogens with one attached hydrogen (secondary N) is 1. The van der Waals surface area contributed by atoms with Crippen LogP contribution in [0.1, 0.15) is 57.8 Å². The number of benzene rings is 1. The van der Waals surface area contributed by atoms with Crippen molar-refractivity contribution >= 4 is 17.6 Å². The molecule has 1 aromatic heterocycles. The maximum Gasteiger partial charge on any atom is 0.271 e. The third-order valence-electron chi connectivity index (χ3n) is 4.68. The van der Waals surface area contributed by atoms with Gasteiger partial charge in [0.05, 0.1) is 11.9 Å². The molecule has 1 aliphatic rings. The van der Waals surface area contributed by atoms with Gasteiger partial charge in [-0.2, -0.15) is 0 Å². The van der Waals surface area contributed by atoms with Crippen LogP contribution in [0.5, 0.6) is 0 Å². The van der Waals surface area contributed by atoms with Crippen LogP contribution in [0.25, 0.3) is 0 Å². The Morgan fingerprint density at radius 3 is 2.73 bits per heavy atom. The van der Waals surface area contributed by atoms with Crippen molar-refractivity contribution in [2.45, 2.75) is 32.1 Å². The first-order chi connectivity index (χ1) is 12.5. The van der Waals surface area contributed by atoms with Gasteiger partial charge in [-0.15, -0.1) is 0 Å². The van der Waals surface area contributed by atoms with Gasteiger partial charge in [0, 0.05) is 18.5 Å². The van der Waals surface area contributed by atoms with E-state index in [0.717, 1.165) is 12.1 Å². The van der Waals surface area contributed by atoms with Crippen molar-refractivity contribution in [2.75, 3.05) is 12.3 Å². The van der Waals surface area contributed by atoms with Gasteiger partial charge in [0.15, 0.2) is 11.5 Å². The minimum atomic E-state index is -0.711. The molecule has 2 aromatic rings. The first kappa shape index (κ1) is 17.8. The lowest BCUT2D eigenvalue weighted by atomic mass is 10.1. The van der Waals surface area contributed by atoms with Crippen molar-refractivity contribution in [1.29, 1.82) is 0 Å². The van der Waals surface area contributed by atoms with Crippen LogP contribution in [-0.2, 0) is 6.42 Å². The van der Waals surface area contributed by atoms with Gasteiger partial charge in [0.2, 0.25) is 0 Å². The average molecular weight is 353 g/mol. The molecule has 26 heavy (non-hydrogen) atoms. The Morgan fingerprint density at radius 1 is 1.23 bits per heavy atom. The molecule has 0 saturated heterocycles. The summed E-state index contributed by atoms with van der Waals surface area (Å²) >= 11 is 0. The van der Waals surface area contributed by atoms with Crippen LogP contribution in [0.4, 0.5) is 5.82 Å². The summed E-state index contributed by atoms with van der Waals surface area (Å²) < 4.78 is 0. The molecule has 0 aliphatic heterocycles. The van der Waals surface area contributed by atoms with Gasteiger partial charge >= 0.3 is 0 Å². The molecule has 0 bridgehead atoms. The standard InChI is InChI=1S/C19H23N5O2/c20-17-16(18(21)25)24-15(11-22-17)9-13-6-3-7-14(8-13)19(26)23-10-12-4-1-2-5-12/h3,6-8,11-12H,1-2,4-5,9-10H2,(H2,20,22)(H2,21,25)(H,23,26). The molecule has 1 fully saturated rings. The van der Waals surface area contributed by atoms with Gasteiger partial charge in [0.1, 0.15) is 0 Å². The smallest absolute Gasteiger partial charge is 0.271 e. The Balaban J connectivity index is 1.68. The van der Waals surface area contributed by atoms with E-state index in [9.17, 15) is 9.59 Å². The Kier molecular flexibility index (Phi) is 5.46. The largest absolute Gasteiger partial charge is 0.382 e. The minimum absolute atomic E-state index is 0.0151. The highest BCUT2D eigenvalue weighted by atomic mass is 16.2. The number of primary amides is 1.